The summed E-state index contributed by atoms with van der Waals surface area (Å²) in [4.78, 5) is 15.4. The van der Waals surface area contributed by atoms with E-state index in [4.69, 9.17) is 0 Å². The number of alkyl halides is 3. The summed E-state index contributed by atoms with van der Waals surface area (Å²) < 4.78 is 38.3. The van der Waals surface area contributed by atoms with Gasteiger partial charge in [-0.1, -0.05) is 11.6 Å². The number of thioether (sulfide) groups is 1. The normalized spacial score (nSPS) is 11.1. The molecule has 116 valence electrons. The fraction of sp³-hybridized carbons (Fsp3) is 0.429. The summed E-state index contributed by atoms with van der Waals surface area (Å²) in [5.74, 6) is 0.703. The highest BCUT2D eigenvalue weighted by Crippen LogP contribution is 2.31. The fourth-order valence-corrected chi connectivity index (χ4v) is 2.33. The Bertz CT molecular complexity index is 511. The third-order valence-corrected chi connectivity index (χ3v) is 3.41. The molecule has 0 saturated carbocycles. The molecule has 1 aromatic heterocycles. The first-order valence-corrected chi connectivity index (χ1v) is 7.48. The zero-order chi connectivity index (χ0) is 15.9. The number of carbonyl (C=O) groups is 1. The number of carbonyl (C=O) groups excluding carboxylic acids is 1. The molecule has 3 nitrogen and oxygen atoms in total. The maximum absolute atomic E-state index is 12.8. The number of hydrogen-bond donors (Lipinski definition) is 1. The Morgan fingerprint density at radius 2 is 2.14 bits per heavy atom. The maximum atomic E-state index is 12.8. The molecule has 1 heterocycles. The van der Waals surface area contributed by atoms with Crippen molar-refractivity contribution in [1.29, 1.82) is 0 Å². The van der Waals surface area contributed by atoms with Gasteiger partial charge in [-0.15, -0.1) is 0 Å². The standard InChI is InChI=1S/C14H17F3N2OS/c1-10(2)4-7-21-8-6-19-13(20)11-9-18-5-3-12(11)14(15,16)17/h3-5,9H,6-8H2,1-2H3,(H,19,20). The average molecular weight is 318 g/mol. The van der Waals surface area contributed by atoms with E-state index >= 15 is 0 Å². The number of rotatable bonds is 6. The molecule has 0 aliphatic carbocycles. The minimum Gasteiger partial charge on any atom is -0.351 e. The molecule has 7 heteroatoms. The summed E-state index contributed by atoms with van der Waals surface area (Å²) in [6.45, 7) is 4.29. The van der Waals surface area contributed by atoms with E-state index in [2.05, 4.69) is 16.4 Å². The van der Waals surface area contributed by atoms with Gasteiger partial charge in [-0.05, 0) is 19.9 Å². The number of pyridine rings is 1. The van der Waals surface area contributed by atoms with Gasteiger partial charge < -0.3 is 5.32 Å². The lowest BCUT2D eigenvalue weighted by Crippen LogP contribution is -2.28. The largest absolute Gasteiger partial charge is 0.417 e. The van der Waals surface area contributed by atoms with Crippen LogP contribution in [0.2, 0.25) is 0 Å². The summed E-state index contributed by atoms with van der Waals surface area (Å²) in [5.41, 5.74) is -0.205. The van der Waals surface area contributed by atoms with Crippen LogP contribution in [0.1, 0.15) is 29.8 Å². The van der Waals surface area contributed by atoms with E-state index in [0.717, 1.165) is 24.2 Å². The molecule has 0 fully saturated rings. The summed E-state index contributed by atoms with van der Waals surface area (Å²) in [6, 6.07) is 0.804. The van der Waals surface area contributed by atoms with Gasteiger partial charge >= 0.3 is 6.18 Å². The van der Waals surface area contributed by atoms with Gasteiger partial charge in [-0.2, -0.15) is 24.9 Å². The monoisotopic (exact) mass is 318 g/mol. The third kappa shape index (κ3) is 6.20. The van der Waals surface area contributed by atoms with E-state index in [1.807, 2.05) is 13.8 Å². The highest BCUT2D eigenvalue weighted by atomic mass is 32.2. The van der Waals surface area contributed by atoms with Gasteiger partial charge in [0.25, 0.3) is 5.91 Å². The summed E-state index contributed by atoms with van der Waals surface area (Å²) in [7, 11) is 0. The van der Waals surface area contributed by atoms with Crippen LogP contribution in [0.3, 0.4) is 0 Å². The van der Waals surface area contributed by atoms with Gasteiger partial charge in [0.1, 0.15) is 0 Å². The maximum Gasteiger partial charge on any atom is 0.417 e. The Morgan fingerprint density at radius 3 is 2.76 bits per heavy atom. The molecule has 0 spiro atoms. The smallest absolute Gasteiger partial charge is 0.351 e. The van der Waals surface area contributed by atoms with Crippen LogP contribution in [0.15, 0.2) is 30.1 Å². The number of amides is 1. The third-order valence-electron chi connectivity index (χ3n) is 2.51. The molecule has 0 aliphatic heterocycles. The van der Waals surface area contributed by atoms with Crippen LogP contribution in [0.25, 0.3) is 0 Å². The first-order valence-electron chi connectivity index (χ1n) is 6.33. The molecule has 0 aliphatic rings. The van der Waals surface area contributed by atoms with Crippen molar-refractivity contribution in [1.82, 2.24) is 10.3 Å². The molecule has 0 saturated heterocycles. The minimum absolute atomic E-state index is 0.312. The molecule has 0 radical (unpaired) electrons. The number of halogens is 3. The Balaban J connectivity index is 2.52. The molecule has 1 aromatic rings. The average Bonchev–Trinajstić information content (AvgIpc) is 2.41. The van der Waals surface area contributed by atoms with Crippen molar-refractivity contribution >= 4 is 17.7 Å². The Kier molecular flexibility index (Phi) is 6.74. The molecule has 0 aromatic carbocycles. The second-order valence-electron chi connectivity index (χ2n) is 4.53. The molecular weight excluding hydrogens is 301 g/mol. The van der Waals surface area contributed by atoms with Gasteiger partial charge in [0.15, 0.2) is 0 Å². The van der Waals surface area contributed by atoms with E-state index < -0.39 is 23.2 Å². The van der Waals surface area contributed by atoms with Gasteiger partial charge in [-0.25, -0.2) is 0 Å². The number of nitrogens with one attached hydrogen (secondary N) is 1. The Hall–Kier alpha value is -1.50. The quantitative estimate of drug-likeness (QED) is 0.644. The molecule has 1 amide bonds. The van der Waals surface area contributed by atoms with E-state index in [1.54, 1.807) is 11.8 Å². The molecular formula is C14H17F3N2OS. The molecule has 0 atom stereocenters. The van der Waals surface area contributed by atoms with Crippen LogP contribution in [-0.2, 0) is 6.18 Å². The predicted molar refractivity (Wildman–Crippen MR) is 78.3 cm³/mol. The number of hydrogen-bond acceptors (Lipinski definition) is 3. The topological polar surface area (TPSA) is 42.0 Å². The van der Waals surface area contributed by atoms with Crippen molar-refractivity contribution in [3.8, 4) is 0 Å². The fourth-order valence-electron chi connectivity index (χ4n) is 1.46. The van der Waals surface area contributed by atoms with E-state index in [1.165, 1.54) is 5.57 Å². The number of nitrogens with zero attached hydrogens (tertiary/aromatic N) is 1. The van der Waals surface area contributed by atoms with Crippen molar-refractivity contribution in [2.45, 2.75) is 20.0 Å². The van der Waals surface area contributed by atoms with Crippen LogP contribution >= 0.6 is 11.8 Å². The van der Waals surface area contributed by atoms with Crippen LogP contribution in [0.5, 0.6) is 0 Å². The first-order chi connectivity index (χ1) is 9.82. The second kappa shape index (κ2) is 8.07. The minimum atomic E-state index is -4.56. The predicted octanol–water partition coefficient (Wildman–Crippen LogP) is 3.53. The Labute approximate surface area is 126 Å². The molecule has 0 bridgehead atoms. The van der Waals surface area contributed by atoms with Crippen LogP contribution in [-0.4, -0.2) is 28.9 Å². The van der Waals surface area contributed by atoms with Crippen LogP contribution < -0.4 is 5.32 Å². The van der Waals surface area contributed by atoms with E-state index in [0.29, 0.717) is 12.3 Å². The molecule has 1 rings (SSSR count). The molecule has 21 heavy (non-hydrogen) atoms. The van der Waals surface area contributed by atoms with Crippen molar-refractivity contribution < 1.29 is 18.0 Å². The number of allylic oxidation sites excluding steroid dienone is 1. The molecule has 0 unspecified atom stereocenters. The van der Waals surface area contributed by atoms with Gasteiger partial charge in [0.05, 0.1) is 11.1 Å². The lowest BCUT2D eigenvalue weighted by Gasteiger charge is -2.11. The SMILES string of the molecule is CC(C)=CCSCCNC(=O)c1cnccc1C(F)(F)F. The highest BCUT2D eigenvalue weighted by Gasteiger charge is 2.35. The molecule has 1 N–H and O–H groups in total. The zero-order valence-corrected chi connectivity index (χ0v) is 12.6. The zero-order valence-electron chi connectivity index (χ0n) is 11.8. The van der Waals surface area contributed by atoms with Crippen molar-refractivity contribution in [2.75, 3.05) is 18.1 Å². The lowest BCUT2D eigenvalue weighted by atomic mass is 10.1. The lowest BCUT2D eigenvalue weighted by molar-refractivity contribution is -0.138. The summed E-state index contributed by atoms with van der Waals surface area (Å²) in [5, 5.41) is 2.48. The van der Waals surface area contributed by atoms with Crippen molar-refractivity contribution in [3.63, 3.8) is 0 Å². The van der Waals surface area contributed by atoms with Gasteiger partial charge in [-0.3, -0.25) is 9.78 Å². The highest BCUT2D eigenvalue weighted by molar-refractivity contribution is 7.99. The van der Waals surface area contributed by atoms with Gasteiger partial charge in [0, 0.05) is 30.4 Å². The van der Waals surface area contributed by atoms with Crippen molar-refractivity contribution in [3.05, 3.63) is 41.2 Å². The second-order valence-corrected chi connectivity index (χ2v) is 5.68. The van der Waals surface area contributed by atoms with Crippen LogP contribution in [0.4, 0.5) is 13.2 Å². The summed E-state index contributed by atoms with van der Waals surface area (Å²) in [6.07, 6.45) is -0.549. The van der Waals surface area contributed by atoms with Gasteiger partial charge in [0.2, 0.25) is 0 Å². The van der Waals surface area contributed by atoms with Crippen LogP contribution in [0, 0.1) is 0 Å². The number of aromatic nitrogens is 1. The van der Waals surface area contributed by atoms with E-state index in [9.17, 15) is 18.0 Å². The first kappa shape index (κ1) is 17.6. The summed E-state index contributed by atoms with van der Waals surface area (Å²) >= 11 is 1.60. The van der Waals surface area contributed by atoms with E-state index in [-0.39, 0.29) is 0 Å². The van der Waals surface area contributed by atoms with Crippen molar-refractivity contribution in [2.24, 2.45) is 0 Å². The Morgan fingerprint density at radius 1 is 1.43 bits per heavy atom.